The van der Waals surface area contributed by atoms with Crippen LogP contribution >= 0.6 is 0 Å². The standard InChI is InChI=1S/C31H48N2O3/c1-2-36-31(35)20-19-29(34)21-24-13-10-11-18-30(24)32-25-22-27-16-12-17-28(23-25)33(27)26-14-8-6-4-3-5-7-9-15-26/h10-11,13,18,25-28,32H,2-9,12,14-17,19-23H2,1H3/t25?,27-,28+. The molecule has 200 valence electrons. The minimum absolute atomic E-state index is 0.0972. The lowest BCUT2D eigenvalue weighted by atomic mass is 9.79. The van der Waals surface area contributed by atoms with Gasteiger partial charge in [0.05, 0.1) is 13.0 Å². The number of benzene rings is 1. The van der Waals surface area contributed by atoms with Gasteiger partial charge in [0.25, 0.3) is 0 Å². The van der Waals surface area contributed by atoms with Crippen LogP contribution in [-0.4, -0.2) is 47.4 Å². The Kier molecular flexibility index (Phi) is 10.7. The molecule has 36 heavy (non-hydrogen) atoms. The summed E-state index contributed by atoms with van der Waals surface area (Å²) in [4.78, 5) is 27.2. The molecule has 3 atom stereocenters. The van der Waals surface area contributed by atoms with Crippen molar-refractivity contribution in [1.82, 2.24) is 4.90 Å². The number of para-hydroxylation sites is 1. The molecule has 1 aromatic rings. The Balaban J connectivity index is 1.36. The van der Waals surface area contributed by atoms with Crippen molar-refractivity contribution in [3.05, 3.63) is 29.8 Å². The monoisotopic (exact) mass is 496 g/mol. The molecule has 0 aromatic heterocycles. The number of piperidine rings is 2. The largest absolute Gasteiger partial charge is 0.466 e. The third-order valence-corrected chi connectivity index (χ3v) is 8.71. The highest BCUT2D eigenvalue weighted by molar-refractivity contribution is 5.85. The van der Waals surface area contributed by atoms with E-state index in [0.29, 0.717) is 31.2 Å². The normalized spacial score (nSPS) is 26.2. The van der Waals surface area contributed by atoms with Gasteiger partial charge in [0.1, 0.15) is 5.78 Å². The zero-order valence-corrected chi connectivity index (χ0v) is 22.5. The molecular formula is C31H48N2O3. The number of Topliss-reactive ketones (excluding diaryl/α,β-unsaturated/α-hetero) is 1. The molecule has 2 aliphatic heterocycles. The first-order chi connectivity index (χ1) is 17.6. The van der Waals surface area contributed by atoms with Crippen LogP contribution in [0.3, 0.4) is 0 Å². The Labute approximate surface area is 218 Å². The molecule has 1 unspecified atom stereocenters. The Morgan fingerprint density at radius 3 is 2.11 bits per heavy atom. The van der Waals surface area contributed by atoms with Crippen LogP contribution in [-0.2, 0) is 20.7 Å². The van der Waals surface area contributed by atoms with E-state index in [4.69, 9.17) is 4.74 Å². The van der Waals surface area contributed by atoms with Crippen LogP contribution in [0.15, 0.2) is 24.3 Å². The van der Waals surface area contributed by atoms with Crippen molar-refractivity contribution in [3.63, 3.8) is 0 Å². The highest BCUT2D eigenvalue weighted by atomic mass is 16.5. The van der Waals surface area contributed by atoms with Crippen molar-refractivity contribution in [1.29, 1.82) is 0 Å². The Hall–Kier alpha value is -1.88. The third kappa shape index (κ3) is 7.81. The van der Waals surface area contributed by atoms with Gasteiger partial charge >= 0.3 is 5.97 Å². The maximum absolute atomic E-state index is 12.6. The highest BCUT2D eigenvalue weighted by Gasteiger charge is 2.41. The van der Waals surface area contributed by atoms with E-state index in [1.54, 1.807) is 6.92 Å². The molecule has 4 rings (SSSR count). The predicted octanol–water partition coefficient (Wildman–Crippen LogP) is 6.83. The molecule has 5 heteroatoms. The lowest BCUT2D eigenvalue weighted by molar-refractivity contribution is -0.144. The topological polar surface area (TPSA) is 58.6 Å². The van der Waals surface area contributed by atoms with Gasteiger partial charge < -0.3 is 10.1 Å². The smallest absolute Gasteiger partial charge is 0.306 e. The number of hydrogen-bond acceptors (Lipinski definition) is 5. The SMILES string of the molecule is CCOC(=O)CCC(=O)Cc1ccccc1NC1C[C@H]2CCC[C@@H](C1)N2C1CCCCCCCCC1. The molecule has 3 aliphatic rings. The molecule has 0 radical (unpaired) electrons. The number of anilines is 1. The summed E-state index contributed by atoms with van der Waals surface area (Å²) in [5.41, 5.74) is 2.14. The molecule has 2 saturated heterocycles. The second-order valence-corrected chi connectivity index (χ2v) is 11.4. The van der Waals surface area contributed by atoms with E-state index in [1.165, 1.54) is 89.9 Å². The number of ether oxygens (including phenoxy) is 1. The first-order valence-electron chi connectivity index (χ1n) is 14.9. The fraction of sp³-hybridized carbons (Fsp3) is 0.742. The summed E-state index contributed by atoms with van der Waals surface area (Å²) in [6.45, 7) is 2.15. The number of hydrogen-bond donors (Lipinski definition) is 1. The molecular weight excluding hydrogens is 448 g/mol. The number of nitrogens with zero attached hydrogens (tertiary/aromatic N) is 1. The number of esters is 1. The lowest BCUT2D eigenvalue weighted by Crippen LogP contribution is -2.58. The summed E-state index contributed by atoms with van der Waals surface area (Å²) in [7, 11) is 0. The molecule has 2 heterocycles. The molecule has 1 saturated carbocycles. The fourth-order valence-corrected chi connectivity index (χ4v) is 7.03. The average molecular weight is 497 g/mol. The van der Waals surface area contributed by atoms with Crippen LogP contribution < -0.4 is 5.32 Å². The highest BCUT2D eigenvalue weighted by Crippen LogP contribution is 2.39. The van der Waals surface area contributed by atoms with Crippen LogP contribution in [0.1, 0.15) is 115 Å². The maximum Gasteiger partial charge on any atom is 0.306 e. The Morgan fingerprint density at radius 1 is 0.833 bits per heavy atom. The Morgan fingerprint density at radius 2 is 1.44 bits per heavy atom. The van der Waals surface area contributed by atoms with E-state index in [1.807, 2.05) is 6.07 Å². The van der Waals surface area contributed by atoms with Crippen LogP contribution in [0.2, 0.25) is 0 Å². The minimum atomic E-state index is -0.286. The van der Waals surface area contributed by atoms with Gasteiger partial charge in [-0.15, -0.1) is 0 Å². The van der Waals surface area contributed by atoms with Crippen LogP contribution in [0.4, 0.5) is 5.69 Å². The molecule has 1 N–H and O–H groups in total. The van der Waals surface area contributed by atoms with Gasteiger partial charge in [-0.3, -0.25) is 14.5 Å². The number of carbonyl (C=O) groups is 2. The van der Waals surface area contributed by atoms with Crippen LogP contribution in [0.5, 0.6) is 0 Å². The summed E-state index contributed by atoms with van der Waals surface area (Å²) < 4.78 is 4.97. The van der Waals surface area contributed by atoms with Crippen molar-refractivity contribution in [2.24, 2.45) is 0 Å². The molecule has 3 fully saturated rings. The van der Waals surface area contributed by atoms with Gasteiger partial charge in [-0.05, 0) is 57.1 Å². The van der Waals surface area contributed by atoms with Crippen molar-refractivity contribution in [2.45, 2.75) is 140 Å². The number of nitrogens with one attached hydrogen (secondary N) is 1. The lowest BCUT2D eigenvalue weighted by Gasteiger charge is -2.53. The zero-order chi connectivity index (χ0) is 25.2. The number of ketones is 1. The molecule has 1 aliphatic carbocycles. The van der Waals surface area contributed by atoms with E-state index in [9.17, 15) is 9.59 Å². The fourth-order valence-electron chi connectivity index (χ4n) is 7.03. The summed E-state index contributed by atoms with van der Waals surface area (Å²) in [6, 6.07) is 10.9. The molecule has 2 bridgehead atoms. The van der Waals surface area contributed by atoms with E-state index in [-0.39, 0.29) is 24.6 Å². The first kappa shape index (κ1) is 27.2. The van der Waals surface area contributed by atoms with Gasteiger partial charge in [0.15, 0.2) is 0 Å². The van der Waals surface area contributed by atoms with E-state index in [0.717, 1.165) is 17.3 Å². The molecule has 1 aromatic carbocycles. The summed E-state index contributed by atoms with van der Waals surface area (Å²) in [6.07, 6.45) is 19.9. The van der Waals surface area contributed by atoms with Crippen LogP contribution in [0.25, 0.3) is 0 Å². The number of rotatable bonds is 9. The number of carbonyl (C=O) groups excluding carboxylic acids is 2. The van der Waals surface area contributed by atoms with Crippen molar-refractivity contribution in [3.8, 4) is 0 Å². The quantitative estimate of drug-likeness (QED) is 0.380. The van der Waals surface area contributed by atoms with Crippen molar-refractivity contribution < 1.29 is 14.3 Å². The third-order valence-electron chi connectivity index (χ3n) is 8.71. The van der Waals surface area contributed by atoms with Gasteiger partial charge in [-0.2, -0.15) is 0 Å². The van der Waals surface area contributed by atoms with Crippen LogP contribution in [0, 0.1) is 0 Å². The summed E-state index contributed by atoms with van der Waals surface area (Å²) >= 11 is 0. The van der Waals surface area contributed by atoms with Crippen molar-refractivity contribution >= 4 is 17.4 Å². The predicted molar refractivity (Wildman–Crippen MR) is 146 cm³/mol. The van der Waals surface area contributed by atoms with E-state index < -0.39 is 0 Å². The molecule has 5 nitrogen and oxygen atoms in total. The van der Waals surface area contributed by atoms with Gasteiger partial charge in [0, 0.05) is 42.7 Å². The van der Waals surface area contributed by atoms with Gasteiger partial charge in [-0.25, -0.2) is 0 Å². The summed E-state index contributed by atoms with van der Waals surface area (Å²) in [5, 5.41) is 3.86. The second-order valence-electron chi connectivity index (χ2n) is 11.4. The maximum atomic E-state index is 12.6. The van der Waals surface area contributed by atoms with Crippen molar-refractivity contribution in [2.75, 3.05) is 11.9 Å². The first-order valence-corrected chi connectivity index (χ1v) is 14.9. The number of fused-ring (bicyclic) bond motifs is 2. The van der Waals surface area contributed by atoms with Gasteiger partial charge in [0.2, 0.25) is 0 Å². The zero-order valence-electron chi connectivity index (χ0n) is 22.5. The Bertz CT molecular complexity index is 817. The van der Waals surface area contributed by atoms with E-state index >= 15 is 0 Å². The van der Waals surface area contributed by atoms with Gasteiger partial charge in [-0.1, -0.05) is 69.6 Å². The summed E-state index contributed by atoms with van der Waals surface area (Å²) in [5.74, 6) is -0.189. The average Bonchev–Trinajstić information content (AvgIpc) is 2.87. The molecule has 0 spiro atoms. The second kappa shape index (κ2) is 14.2. The molecule has 0 amide bonds. The minimum Gasteiger partial charge on any atom is -0.466 e. The van der Waals surface area contributed by atoms with E-state index in [2.05, 4.69) is 28.4 Å².